The molecular formula is C14H25NO2S. The van der Waals surface area contributed by atoms with Gasteiger partial charge in [-0.1, -0.05) is 27.2 Å². The first-order chi connectivity index (χ1) is 8.38. The van der Waals surface area contributed by atoms with E-state index in [9.17, 15) is 4.79 Å². The van der Waals surface area contributed by atoms with Gasteiger partial charge >= 0.3 is 5.97 Å². The van der Waals surface area contributed by atoms with Crippen molar-refractivity contribution in [1.82, 2.24) is 5.32 Å². The molecular weight excluding hydrogens is 246 g/mol. The second-order valence-electron chi connectivity index (χ2n) is 6.46. The lowest BCUT2D eigenvalue weighted by Gasteiger charge is -2.43. The van der Waals surface area contributed by atoms with Crippen LogP contribution in [0.4, 0.5) is 0 Å². The van der Waals surface area contributed by atoms with Crippen LogP contribution in [0.3, 0.4) is 0 Å². The van der Waals surface area contributed by atoms with Crippen LogP contribution in [0.1, 0.15) is 52.9 Å². The molecule has 0 aromatic heterocycles. The molecule has 0 bridgehead atoms. The van der Waals surface area contributed by atoms with Gasteiger partial charge in [0.1, 0.15) is 6.04 Å². The highest BCUT2D eigenvalue weighted by atomic mass is 32.2. The predicted molar refractivity (Wildman–Crippen MR) is 75.8 cm³/mol. The Balaban J connectivity index is 1.93. The molecule has 1 heterocycles. The fourth-order valence-electron chi connectivity index (χ4n) is 3.22. The minimum atomic E-state index is -0.699. The van der Waals surface area contributed by atoms with Gasteiger partial charge in [0.2, 0.25) is 0 Å². The van der Waals surface area contributed by atoms with Crippen LogP contribution in [-0.4, -0.2) is 27.7 Å². The Morgan fingerprint density at radius 2 is 2.06 bits per heavy atom. The van der Waals surface area contributed by atoms with E-state index in [0.29, 0.717) is 5.41 Å². The average molecular weight is 271 g/mol. The highest BCUT2D eigenvalue weighted by Crippen LogP contribution is 2.49. The van der Waals surface area contributed by atoms with Gasteiger partial charge in [0.25, 0.3) is 0 Å². The molecule has 2 fully saturated rings. The van der Waals surface area contributed by atoms with E-state index in [1.165, 1.54) is 19.3 Å². The zero-order valence-corrected chi connectivity index (χ0v) is 12.5. The van der Waals surface area contributed by atoms with Gasteiger partial charge in [0.05, 0.1) is 4.87 Å². The van der Waals surface area contributed by atoms with Crippen LogP contribution >= 0.6 is 11.8 Å². The van der Waals surface area contributed by atoms with E-state index < -0.39 is 5.97 Å². The summed E-state index contributed by atoms with van der Waals surface area (Å²) < 4.78 is 0. The zero-order valence-electron chi connectivity index (χ0n) is 11.7. The summed E-state index contributed by atoms with van der Waals surface area (Å²) in [6, 6.07) is -0.342. The van der Waals surface area contributed by atoms with Crippen molar-refractivity contribution in [2.24, 2.45) is 11.3 Å². The maximum absolute atomic E-state index is 11.0. The SMILES string of the molecule is CCC(C)(C)C1CCC2(CC1)N[C@H](C(=O)O)CS2. The van der Waals surface area contributed by atoms with Gasteiger partial charge in [-0.2, -0.15) is 0 Å². The van der Waals surface area contributed by atoms with Gasteiger partial charge in [-0.05, 0) is 37.0 Å². The Morgan fingerprint density at radius 1 is 1.44 bits per heavy atom. The fraction of sp³-hybridized carbons (Fsp3) is 0.929. The molecule has 0 amide bonds. The maximum atomic E-state index is 11.0. The third-order valence-corrected chi connectivity index (χ3v) is 6.65. The standard InChI is InChI=1S/C14H25NO2S/c1-4-13(2,3)10-5-7-14(8-6-10)15-11(9-18-14)12(16)17/h10-11,15H,4-9H2,1-3H3,(H,16,17)/t10?,11-,14?/m0/s1. The molecule has 1 saturated heterocycles. The number of carbonyl (C=O) groups is 1. The third-order valence-electron chi connectivity index (χ3n) is 5.07. The van der Waals surface area contributed by atoms with E-state index >= 15 is 0 Å². The number of carboxylic acid groups (broad SMARTS) is 1. The molecule has 0 radical (unpaired) electrons. The lowest BCUT2D eigenvalue weighted by molar-refractivity contribution is -0.139. The number of carboxylic acids is 1. The van der Waals surface area contributed by atoms with Crippen LogP contribution in [0.15, 0.2) is 0 Å². The third kappa shape index (κ3) is 2.69. The van der Waals surface area contributed by atoms with Crippen LogP contribution in [0.2, 0.25) is 0 Å². The minimum absolute atomic E-state index is 0.0589. The number of aliphatic carboxylic acids is 1. The summed E-state index contributed by atoms with van der Waals surface area (Å²) >= 11 is 1.83. The van der Waals surface area contributed by atoms with E-state index in [-0.39, 0.29) is 10.9 Å². The van der Waals surface area contributed by atoms with Gasteiger partial charge in [-0.15, -0.1) is 11.8 Å². The Bertz CT molecular complexity index is 322. The number of hydrogen-bond acceptors (Lipinski definition) is 3. The van der Waals surface area contributed by atoms with Crippen molar-refractivity contribution in [2.75, 3.05) is 5.75 Å². The molecule has 2 N–H and O–H groups in total. The van der Waals surface area contributed by atoms with Crippen LogP contribution in [0.5, 0.6) is 0 Å². The van der Waals surface area contributed by atoms with E-state index in [1.807, 2.05) is 11.8 Å². The van der Waals surface area contributed by atoms with Crippen molar-refractivity contribution < 1.29 is 9.90 Å². The van der Waals surface area contributed by atoms with Crippen LogP contribution in [0.25, 0.3) is 0 Å². The number of thioether (sulfide) groups is 1. The molecule has 1 atom stereocenters. The summed E-state index contributed by atoms with van der Waals surface area (Å²) in [7, 11) is 0. The van der Waals surface area contributed by atoms with Crippen molar-refractivity contribution in [2.45, 2.75) is 63.8 Å². The van der Waals surface area contributed by atoms with Gasteiger partial charge in [-0.25, -0.2) is 0 Å². The lowest BCUT2D eigenvalue weighted by Crippen LogP contribution is -2.48. The topological polar surface area (TPSA) is 49.3 Å². The van der Waals surface area contributed by atoms with Crippen molar-refractivity contribution in [3.8, 4) is 0 Å². The van der Waals surface area contributed by atoms with Crippen molar-refractivity contribution >= 4 is 17.7 Å². The molecule has 4 heteroatoms. The van der Waals surface area contributed by atoms with E-state index in [2.05, 4.69) is 26.1 Å². The largest absolute Gasteiger partial charge is 0.480 e. The minimum Gasteiger partial charge on any atom is -0.480 e. The molecule has 2 aliphatic rings. The fourth-order valence-corrected chi connectivity index (χ4v) is 4.68. The molecule has 3 nitrogen and oxygen atoms in total. The summed E-state index contributed by atoms with van der Waals surface area (Å²) in [6.45, 7) is 7.00. The second kappa shape index (κ2) is 5.04. The van der Waals surface area contributed by atoms with Gasteiger partial charge in [0, 0.05) is 5.75 Å². The molecule has 104 valence electrons. The normalized spacial score (nSPS) is 37.1. The smallest absolute Gasteiger partial charge is 0.321 e. The Hall–Kier alpha value is -0.220. The maximum Gasteiger partial charge on any atom is 0.321 e. The van der Waals surface area contributed by atoms with Gasteiger partial charge in [-0.3, -0.25) is 10.1 Å². The summed E-state index contributed by atoms with van der Waals surface area (Å²) in [4.78, 5) is 11.1. The average Bonchev–Trinajstić information content (AvgIpc) is 2.74. The molecule has 1 aliphatic carbocycles. The quantitative estimate of drug-likeness (QED) is 0.828. The molecule has 0 aromatic rings. The molecule has 18 heavy (non-hydrogen) atoms. The summed E-state index contributed by atoms with van der Waals surface area (Å²) in [5.41, 5.74) is 0.428. The van der Waals surface area contributed by atoms with Crippen molar-refractivity contribution in [3.05, 3.63) is 0 Å². The summed E-state index contributed by atoms with van der Waals surface area (Å²) in [5, 5.41) is 12.4. The first-order valence-corrected chi connectivity index (χ1v) is 8.01. The molecule has 0 unspecified atom stereocenters. The zero-order chi connectivity index (χ0) is 13.4. The highest BCUT2D eigenvalue weighted by molar-refractivity contribution is 8.00. The van der Waals surface area contributed by atoms with Crippen molar-refractivity contribution in [3.63, 3.8) is 0 Å². The summed E-state index contributed by atoms with van der Waals surface area (Å²) in [5.74, 6) is 0.812. The Kier molecular flexibility index (Phi) is 3.98. The Labute approximate surface area is 114 Å². The first-order valence-electron chi connectivity index (χ1n) is 7.03. The molecule has 1 aliphatic heterocycles. The highest BCUT2D eigenvalue weighted by Gasteiger charge is 2.45. The monoisotopic (exact) mass is 271 g/mol. The Morgan fingerprint density at radius 3 is 2.50 bits per heavy atom. The van der Waals surface area contributed by atoms with Crippen LogP contribution < -0.4 is 5.32 Å². The van der Waals surface area contributed by atoms with Gasteiger partial charge in [0.15, 0.2) is 0 Å². The second-order valence-corrected chi connectivity index (χ2v) is 7.86. The first kappa shape index (κ1) is 14.2. The van der Waals surface area contributed by atoms with Crippen LogP contribution in [0, 0.1) is 11.3 Å². The molecule has 2 rings (SSSR count). The number of nitrogens with one attached hydrogen (secondary N) is 1. The van der Waals surface area contributed by atoms with E-state index in [1.54, 1.807) is 0 Å². The number of rotatable bonds is 3. The van der Waals surface area contributed by atoms with E-state index in [0.717, 1.165) is 24.5 Å². The molecule has 0 aromatic carbocycles. The van der Waals surface area contributed by atoms with Crippen molar-refractivity contribution in [1.29, 1.82) is 0 Å². The number of hydrogen-bond donors (Lipinski definition) is 2. The van der Waals surface area contributed by atoms with Gasteiger partial charge < -0.3 is 5.11 Å². The van der Waals surface area contributed by atoms with Crippen LogP contribution in [-0.2, 0) is 4.79 Å². The lowest BCUT2D eigenvalue weighted by atomic mass is 9.68. The predicted octanol–water partition coefficient (Wildman–Crippen LogP) is 3.10. The molecule has 1 saturated carbocycles. The summed E-state index contributed by atoms with van der Waals surface area (Å²) in [6.07, 6.45) is 5.93. The van der Waals surface area contributed by atoms with E-state index in [4.69, 9.17) is 5.11 Å². The molecule has 1 spiro atoms.